The van der Waals surface area contributed by atoms with Gasteiger partial charge in [-0.3, -0.25) is 4.68 Å². The lowest BCUT2D eigenvalue weighted by molar-refractivity contribution is 0.212. The van der Waals surface area contributed by atoms with Gasteiger partial charge in [-0.05, 0) is 52.2 Å². The first-order valence-corrected chi connectivity index (χ1v) is 11.1. The molecule has 158 valence electrons. The Kier molecular flexibility index (Phi) is 5.02. The van der Waals surface area contributed by atoms with Crippen molar-refractivity contribution in [3.8, 4) is 11.1 Å². The summed E-state index contributed by atoms with van der Waals surface area (Å²) in [4.78, 5) is 19.2. The van der Waals surface area contributed by atoms with Gasteiger partial charge in [-0.15, -0.1) is 0 Å². The zero-order chi connectivity index (χ0) is 20.7. The highest BCUT2D eigenvalue weighted by Gasteiger charge is 2.23. The maximum atomic E-state index is 6.21. The zero-order valence-corrected chi connectivity index (χ0v) is 17.9. The Labute approximate surface area is 177 Å². The van der Waals surface area contributed by atoms with Gasteiger partial charge >= 0.3 is 0 Å². The van der Waals surface area contributed by atoms with E-state index in [9.17, 15) is 0 Å². The third kappa shape index (κ3) is 3.39. The van der Waals surface area contributed by atoms with E-state index >= 15 is 0 Å². The molecule has 0 unspecified atom stereocenters. The van der Waals surface area contributed by atoms with Gasteiger partial charge in [0.1, 0.15) is 11.0 Å². The summed E-state index contributed by atoms with van der Waals surface area (Å²) in [6, 6.07) is 0.445. The highest BCUT2D eigenvalue weighted by Crippen LogP contribution is 2.33. The Morgan fingerprint density at radius 3 is 2.53 bits per heavy atom. The number of pyridine rings is 1. The molecule has 3 aromatic heterocycles. The molecule has 3 aromatic rings. The Bertz CT molecular complexity index is 1040. The summed E-state index contributed by atoms with van der Waals surface area (Å²) in [6.45, 7) is 6.41. The van der Waals surface area contributed by atoms with Crippen LogP contribution in [0, 0.1) is 0 Å². The van der Waals surface area contributed by atoms with Crippen LogP contribution in [0.1, 0.15) is 44.3 Å². The fraction of sp³-hybridized carbons (Fsp3) is 0.545. The first kappa shape index (κ1) is 19.2. The molecule has 2 fully saturated rings. The number of nitrogens with zero attached hydrogens (tertiary/aromatic N) is 7. The van der Waals surface area contributed by atoms with E-state index in [4.69, 9.17) is 15.7 Å². The number of likely N-dealkylation sites (tertiary alicyclic amines) is 1. The van der Waals surface area contributed by atoms with E-state index in [-0.39, 0.29) is 0 Å². The van der Waals surface area contributed by atoms with Crippen molar-refractivity contribution in [2.75, 3.05) is 43.9 Å². The van der Waals surface area contributed by atoms with Gasteiger partial charge in [-0.2, -0.15) is 5.10 Å². The molecule has 8 heteroatoms. The van der Waals surface area contributed by atoms with Crippen molar-refractivity contribution in [1.82, 2.24) is 29.6 Å². The normalized spacial score (nSPS) is 18.5. The lowest BCUT2D eigenvalue weighted by Crippen LogP contribution is -2.31. The number of aryl methyl sites for hydroxylation is 1. The highest BCUT2D eigenvalue weighted by atomic mass is 15.3. The summed E-state index contributed by atoms with van der Waals surface area (Å²) in [7, 11) is 2.18. The number of rotatable bonds is 4. The predicted octanol–water partition coefficient (Wildman–Crippen LogP) is 2.90. The minimum atomic E-state index is 0.437. The van der Waals surface area contributed by atoms with Crippen LogP contribution in [0.15, 0.2) is 18.6 Å². The molecular formula is C22H30N8. The fourth-order valence-corrected chi connectivity index (χ4v) is 4.65. The molecule has 5 heterocycles. The van der Waals surface area contributed by atoms with E-state index < -0.39 is 0 Å². The second-order valence-electron chi connectivity index (χ2n) is 8.54. The molecule has 5 rings (SSSR count). The largest absolute Gasteiger partial charge is 0.382 e. The third-order valence-corrected chi connectivity index (χ3v) is 6.49. The van der Waals surface area contributed by atoms with E-state index in [1.54, 1.807) is 0 Å². The molecule has 0 amide bonds. The van der Waals surface area contributed by atoms with E-state index in [1.165, 1.54) is 12.8 Å². The molecule has 0 radical (unpaired) electrons. The van der Waals surface area contributed by atoms with Gasteiger partial charge in [0.2, 0.25) is 0 Å². The molecule has 0 atom stereocenters. The van der Waals surface area contributed by atoms with Gasteiger partial charge in [0.05, 0.1) is 17.9 Å². The number of anilines is 2. The van der Waals surface area contributed by atoms with Gasteiger partial charge in [-0.25, -0.2) is 15.0 Å². The molecule has 0 aromatic carbocycles. The highest BCUT2D eigenvalue weighted by molar-refractivity contribution is 5.96. The maximum absolute atomic E-state index is 6.21. The van der Waals surface area contributed by atoms with Gasteiger partial charge in [0.25, 0.3) is 0 Å². The summed E-state index contributed by atoms with van der Waals surface area (Å²) in [5.41, 5.74) is 10.7. The maximum Gasteiger partial charge on any atom is 0.151 e. The molecule has 2 saturated heterocycles. The monoisotopic (exact) mass is 406 g/mol. The summed E-state index contributed by atoms with van der Waals surface area (Å²) >= 11 is 0. The summed E-state index contributed by atoms with van der Waals surface area (Å²) in [5.74, 6) is 1.43. The van der Waals surface area contributed by atoms with Gasteiger partial charge in [-0.1, -0.05) is 6.92 Å². The molecule has 30 heavy (non-hydrogen) atoms. The van der Waals surface area contributed by atoms with Crippen molar-refractivity contribution in [3.05, 3.63) is 24.3 Å². The van der Waals surface area contributed by atoms with Crippen LogP contribution in [0.4, 0.5) is 11.6 Å². The van der Waals surface area contributed by atoms with Crippen LogP contribution in [0.5, 0.6) is 0 Å². The number of piperidine rings is 1. The van der Waals surface area contributed by atoms with Crippen molar-refractivity contribution in [2.24, 2.45) is 0 Å². The van der Waals surface area contributed by atoms with Crippen molar-refractivity contribution in [1.29, 1.82) is 0 Å². The molecular weight excluding hydrogens is 376 g/mol. The zero-order valence-electron chi connectivity index (χ0n) is 17.9. The van der Waals surface area contributed by atoms with Crippen LogP contribution in [-0.4, -0.2) is 62.9 Å². The van der Waals surface area contributed by atoms with E-state index in [0.29, 0.717) is 17.4 Å². The van der Waals surface area contributed by atoms with Crippen LogP contribution >= 0.6 is 0 Å². The average molecular weight is 407 g/mol. The van der Waals surface area contributed by atoms with Crippen LogP contribution in [-0.2, 0) is 6.42 Å². The minimum absolute atomic E-state index is 0.437. The van der Waals surface area contributed by atoms with Crippen LogP contribution < -0.4 is 10.6 Å². The number of hydrogen-bond acceptors (Lipinski definition) is 7. The van der Waals surface area contributed by atoms with E-state index in [1.807, 2.05) is 12.4 Å². The van der Waals surface area contributed by atoms with Gasteiger partial charge < -0.3 is 15.5 Å². The number of nitrogens with two attached hydrogens (primary N) is 1. The van der Waals surface area contributed by atoms with Crippen molar-refractivity contribution >= 4 is 22.7 Å². The first-order chi connectivity index (χ1) is 14.6. The number of hydrogen-bond donors (Lipinski definition) is 1. The van der Waals surface area contributed by atoms with Crippen LogP contribution in [0.2, 0.25) is 0 Å². The molecule has 0 bridgehead atoms. The molecule has 2 N–H and O–H groups in total. The summed E-state index contributed by atoms with van der Waals surface area (Å²) < 4.78 is 2.11. The predicted molar refractivity (Wildman–Crippen MR) is 120 cm³/mol. The Morgan fingerprint density at radius 1 is 1.03 bits per heavy atom. The second-order valence-corrected chi connectivity index (χ2v) is 8.54. The second kappa shape index (κ2) is 7.83. The Hall–Kier alpha value is -2.74. The number of fused-ring (bicyclic) bond motifs is 1. The smallest absolute Gasteiger partial charge is 0.151 e. The van der Waals surface area contributed by atoms with E-state index in [0.717, 1.165) is 73.6 Å². The molecule has 2 aliphatic rings. The first-order valence-electron chi connectivity index (χ1n) is 11.1. The molecule has 0 aliphatic carbocycles. The van der Waals surface area contributed by atoms with Crippen LogP contribution in [0.25, 0.3) is 22.2 Å². The van der Waals surface area contributed by atoms with Gasteiger partial charge in [0.15, 0.2) is 11.6 Å². The lowest BCUT2D eigenvalue weighted by atomic mass is 10.1. The lowest BCUT2D eigenvalue weighted by Gasteiger charge is -2.28. The van der Waals surface area contributed by atoms with Crippen LogP contribution in [0.3, 0.4) is 0 Å². The summed E-state index contributed by atoms with van der Waals surface area (Å²) in [5, 5.41) is 4.68. The fourth-order valence-electron chi connectivity index (χ4n) is 4.65. The summed E-state index contributed by atoms with van der Waals surface area (Å²) in [6.07, 6.45) is 11.4. The quantitative estimate of drug-likeness (QED) is 0.712. The van der Waals surface area contributed by atoms with Crippen molar-refractivity contribution in [2.45, 2.75) is 45.1 Å². The number of aromatic nitrogens is 5. The molecule has 0 spiro atoms. The SMILES string of the molecule is CCc1nc2c(N)ncc(-c3cnn(C4CCN(C)CC4)c3)c2nc1N1CCCC1. The molecule has 0 saturated carbocycles. The third-order valence-electron chi connectivity index (χ3n) is 6.49. The Balaban J connectivity index is 1.57. The Morgan fingerprint density at radius 2 is 1.80 bits per heavy atom. The molecule has 8 nitrogen and oxygen atoms in total. The minimum Gasteiger partial charge on any atom is -0.382 e. The number of nitrogen functional groups attached to an aromatic ring is 1. The van der Waals surface area contributed by atoms with Crippen molar-refractivity contribution in [3.63, 3.8) is 0 Å². The van der Waals surface area contributed by atoms with Crippen molar-refractivity contribution < 1.29 is 0 Å². The topological polar surface area (TPSA) is 89.0 Å². The van der Waals surface area contributed by atoms with E-state index in [2.05, 4.69) is 44.7 Å². The van der Waals surface area contributed by atoms with Gasteiger partial charge in [0, 0.05) is 36.6 Å². The average Bonchev–Trinajstić information content (AvgIpc) is 3.46. The molecule has 2 aliphatic heterocycles. The standard InChI is InChI=1S/C22H30N8/c1-3-18-22(29-8-4-5-9-29)27-19-17(13-24-21(23)20(19)26-18)15-12-25-30(14-15)16-6-10-28(2)11-7-16/h12-14,16H,3-11H2,1-2H3,(H2,23,24).